The van der Waals surface area contributed by atoms with E-state index < -0.39 is 29.2 Å². The van der Waals surface area contributed by atoms with Gasteiger partial charge in [-0.1, -0.05) is 48.0 Å². The number of amides is 2. The second-order valence-corrected chi connectivity index (χ2v) is 8.11. The number of carbonyl (C=O) groups excluding carboxylic acids is 2. The summed E-state index contributed by atoms with van der Waals surface area (Å²) in [5, 5.41) is 17.5. The molecule has 1 aliphatic heterocycles. The summed E-state index contributed by atoms with van der Waals surface area (Å²) in [5.74, 6) is -1.32. The lowest BCUT2D eigenvalue weighted by atomic mass is 10.0. The molecule has 2 aromatic rings. The van der Waals surface area contributed by atoms with Crippen LogP contribution in [0.5, 0.6) is 0 Å². The van der Waals surface area contributed by atoms with Crippen molar-refractivity contribution in [2.45, 2.75) is 30.7 Å². The molecule has 168 valence electrons. The number of hydrogen-bond donors (Lipinski definition) is 4. The maximum Gasteiger partial charge on any atom is 0.307 e. The summed E-state index contributed by atoms with van der Waals surface area (Å²) in [7, 11) is 0. The van der Waals surface area contributed by atoms with Crippen LogP contribution in [0, 0.1) is 0 Å². The molecule has 32 heavy (non-hydrogen) atoms. The first kappa shape index (κ1) is 23.3. The van der Waals surface area contributed by atoms with Crippen LogP contribution in [0.3, 0.4) is 0 Å². The number of amidine groups is 1. The molecule has 8 nitrogen and oxygen atoms in total. The normalized spacial score (nSPS) is 15.1. The fraction of sp³-hybridized carbons (Fsp3) is 0.304. The smallest absolute Gasteiger partial charge is 0.307 e. The number of aliphatic imine (C=N–C) groups is 1. The molecule has 1 unspecified atom stereocenters. The Balaban J connectivity index is 1.60. The number of halogens is 1. The Morgan fingerprint density at radius 1 is 1.06 bits per heavy atom. The molecular formula is C23H25ClN4O4. The molecule has 0 bridgehead atoms. The average molecular weight is 457 g/mol. The molecule has 9 heteroatoms. The molecule has 2 aromatic carbocycles. The van der Waals surface area contributed by atoms with E-state index in [1.54, 1.807) is 48.5 Å². The highest BCUT2D eigenvalue weighted by Crippen LogP contribution is 2.29. The minimum Gasteiger partial charge on any atom is -0.481 e. The van der Waals surface area contributed by atoms with Gasteiger partial charge >= 0.3 is 5.97 Å². The zero-order valence-electron chi connectivity index (χ0n) is 17.4. The third kappa shape index (κ3) is 6.55. The predicted molar refractivity (Wildman–Crippen MR) is 123 cm³/mol. The van der Waals surface area contributed by atoms with E-state index in [0.29, 0.717) is 11.1 Å². The molecule has 0 radical (unpaired) electrons. The van der Waals surface area contributed by atoms with E-state index in [9.17, 15) is 19.5 Å². The quantitative estimate of drug-likeness (QED) is 0.359. The van der Waals surface area contributed by atoms with E-state index in [-0.39, 0.29) is 6.54 Å². The molecule has 0 aromatic heterocycles. The molecule has 1 heterocycles. The Morgan fingerprint density at radius 3 is 2.53 bits per heavy atom. The monoisotopic (exact) mass is 456 g/mol. The third-order valence-electron chi connectivity index (χ3n) is 4.91. The van der Waals surface area contributed by atoms with Crippen LogP contribution >= 0.6 is 11.6 Å². The summed E-state index contributed by atoms with van der Waals surface area (Å²) in [6.07, 6.45) is 2.51. The van der Waals surface area contributed by atoms with Crippen LogP contribution < -0.4 is 16.0 Å². The second kappa shape index (κ2) is 10.8. The summed E-state index contributed by atoms with van der Waals surface area (Å²) in [6.45, 7) is 0.439. The molecule has 0 spiro atoms. The van der Waals surface area contributed by atoms with Gasteiger partial charge in [0, 0.05) is 24.2 Å². The summed E-state index contributed by atoms with van der Waals surface area (Å²) >= 11 is 6.46. The Hall–Kier alpha value is -3.39. The predicted octanol–water partition coefficient (Wildman–Crippen LogP) is 3.09. The van der Waals surface area contributed by atoms with Crippen LogP contribution in [0.25, 0.3) is 0 Å². The molecule has 0 saturated carbocycles. The fourth-order valence-electron chi connectivity index (χ4n) is 3.36. The van der Waals surface area contributed by atoms with Crippen molar-refractivity contribution in [2.75, 3.05) is 18.4 Å². The van der Waals surface area contributed by atoms with Crippen molar-refractivity contribution >= 4 is 40.9 Å². The number of carboxylic acids is 1. The number of anilines is 1. The van der Waals surface area contributed by atoms with Gasteiger partial charge in [0.25, 0.3) is 5.91 Å². The maximum atomic E-state index is 12.5. The zero-order valence-corrected chi connectivity index (χ0v) is 18.2. The number of rotatable bonds is 8. The van der Waals surface area contributed by atoms with Gasteiger partial charge in [0.05, 0.1) is 13.0 Å². The van der Waals surface area contributed by atoms with Crippen molar-refractivity contribution in [2.24, 2.45) is 4.99 Å². The second-order valence-electron chi connectivity index (χ2n) is 7.46. The minimum absolute atomic E-state index is 0.357. The lowest BCUT2D eigenvalue weighted by Crippen LogP contribution is -2.47. The van der Waals surface area contributed by atoms with Crippen molar-refractivity contribution in [3.63, 3.8) is 0 Å². The highest BCUT2D eigenvalue weighted by molar-refractivity contribution is 6.25. The van der Waals surface area contributed by atoms with Gasteiger partial charge in [-0.3, -0.25) is 19.4 Å². The Kier molecular flexibility index (Phi) is 7.83. The van der Waals surface area contributed by atoms with Gasteiger partial charge in [-0.2, -0.15) is 0 Å². The number of aliphatic carboxylic acids is 1. The fourth-order valence-corrected chi connectivity index (χ4v) is 3.71. The van der Waals surface area contributed by atoms with E-state index >= 15 is 0 Å². The SMILES string of the molecule is O=C(O)CC(Cl)(NC(=O)CNC(=O)c1cccc(NC2=NCCCC2)c1)c1ccccc1. The molecule has 1 atom stereocenters. The van der Waals surface area contributed by atoms with Gasteiger partial charge in [-0.15, -0.1) is 0 Å². The summed E-state index contributed by atoms with van der Waals surface area (Å²) in [6, 6.07) is 15.3. The van der Waals surface area contributed by atoms with Crippen LogP contribution in [-0.4, -0.2) is 41.8 Å². The van der Waals surface area contributed by atoms with E-state index in [4.69, 9.17) is 11.6 Å². The zero-order chi connectivity index (χ0) is 23.0. The standard InChI is InChI=1S/C23H25ClN4O4/c24-23(14-21(30)31,17-8-2-1-3-9-17)28-20(29)15-26-22(32)16-7-6-10-18(13-16)27-19-11-4-5-12-25-19/h1-3,6-10,13H,4-5,11-12,14-15H2,(H,25,27)(H,26,32)(H,28,29)(H,30,31). The van der Waals surface area contributed by atoms with Crippen molar-refractivity contribution in [1.82, 2.24) is 10.6 Å². The van der Waals surface area contributed by atoms with Crippen LogP contribution in [-0.2, 0) is 14.6 Å². The van der Waals surface area contributed by atoms with Crippen LogP contribution in [0.2, 0.25) is 0 Å². The van der Waals surface area contributed by atoms with Gasteiger partial charge in [-0.05, 0) is 36.6 Å². The number of carboxylic acid groups (broad SMARTS) is 1. The molecular weight excluding hydrogens is 432 g/mol. The van der Waals surface area contributed by atoms with Crippen molar-refractivity contribution in [3.05, 3.63) is 65.7 Å². The molecule has 0 fully saturated rings. The summed E-state index contributed by atoms with van der Waals surface area (Å²) in [4.78, 5) is 39.1. The van der Waals surface area contributed by atoms with Gasteiger partial charge in [0.2, 0.25) is 5.91 Å². The Morgan fingerprint density at radius 2 is 1.84 bits per heavy atom. The van der Waals surface area contributed by atoms with E-state index in [1.807, 2.05) is 6.07 Å². The van der Waals surface area contributed by atoms with Crippen molar-refractivity contribution < 1.29 is 19.5 Å². The highest BCUT2D eigenvalue weighted by atomic mass is 35.5. The van der Waals surface area contributed by atoms with Gasteiger partial charge < -0.3 is 21.1 Å². The maximum absolute atomic E-state index is 12.5. The first-order valence-electron chi connectivity index (χ1n) is 10.3. The third-order valence-corrected chi connectivity index (χ3v) is 5.36. The lowest BCUT2D eigenvalue weighted by Gasteiger charge is -2.27. The van der Waals surface area contributed by atoms with Crippen molar-refractivity contribution in [3.8, 4) is 0 Å². The molecule has 0 aliphatic carbocycles. The number of nitrogens with zero attached hydrogens (tertiary/aromatic N) is 1. The average Bonchev–Trinajstić information content (AvgIpc) is 2.78. The summed E-state index contributed by atoms with van der Waals surface area (Å²) in [5.41, 5.74) is 1.56. The Bertz CT molecular complexity index is 1010. The van der Waals surface area contributed by atoms with Crippen molar-refractivity contribution in [1.29, 1.82) is 0 Å². The van der Waals surface area contributed by atoms with Crippen LogP contribution in [0.4, 0.5) is 5.69 Å². The largest absolute Gasteiger partial charge is 0.481 e. The number of nitrogens with one attached hydrogen (secondary N) is 3. The van der Waals surface area contributed by atoms with Gasteiger partial charge in [0.1, 0.15) is 5.84 Å². The number of hydrogen-bond acceptors (Lipinski definition) is 5. The number of alkyl halides is 1. The molecule has 2 amide bonds. The van der Waals surface area contributed by atoms with E-state index in [2.05, 4.69) is 20.9 Å². The topological polar surface area (TPSA) is 120 Å². The molecule has 4 N–H and O–H groups in total. The van der Waals surface area contributed by atoms with E-state index in [1.165, 1.54) is 0 Å². The first-order chi connectivity index (χ1) is 15.4. The lowest BCUT2D eigenvalue weighted by molar-refractivity contribution is -0.138. The van der Waals surface area contributed by atoms with Gasteiger partial charge in [0.15, 0.2) is 5.00 Å². The van der Waals surface area contributed by atoms with E-state index in [0.717, 1.165) is 37.3 Å². The number of carbonyl (C=O) groups is 3. The number of benzene rings is 2. The molecule has 0 saturated heterocycles. The molecule has 3 rings (SSSR count). The summed E-state index contributed by atoms with van der Waals surface area (Å²) < 4.78 is 0. The van der Waals surface area contributed by atoms with Gasteiger partial charge in [-0.25, -0.2) is 0 Å². The first-order valence-corrected chi connectivity index (χ1v) is 10.7. The molecule has 1 aliphatic rings. The minimum atomic E-state index is -1.63. The Labute approximate surface area is 191 Å². The van der Waals surface area contributed by atoms with Crippen LogP contribution in [0.15, 0.2) is 59.6 Å². The van der Waals surface area contributed by atoms with Crippen LogP contribution in [0.1, 0.15) is 41.6 Å². The highest BCUT2D eigenvalue weighted by Gasteiger charge is 2.34.